The average molecular weight is 371 g/mol. The molecule has 0 heterocycles. The summed E-state index contributed by atoms with van der Waals surface area (Å²) in [4.78, 5) is 34.9. The van der Waals surface area contributed by atoms with Crippen molar-refractivity contribution in [1.82, 2.24) is 0 Å². The van der Waals surface area contributed by atoms with Crippen LogP contribution in [0.4, 0.5) is 17.1 Å². The Hall–Kier alpha value is -3.42. The second-order valence-corrected chi connectivity index (χ2v) is 6.31. The smallest absolute Gasteiger partial charge is 0.341 e. The van der Waals surface area contributed by atoms with Gasteiger partial charge >= 0.3 is 5.97 Å². The van der Waals surface area contributed by atoms with Crippen LogP contribution in [0.25, 0.3) is 0 Å². The molecule has 8 heteroatoms. The van der Waals surface area contributed by atoms with Crippen LogP contribution in [0.15, 0.2) is 42.5 Å². The monoisotopic (exact) mass is 371 g/mol. The number of benzene rings is 2. The number of anilines is 2. The molecule has 0 radical (unpaired) electrons. The molecule has 1 amide bonds. The van der Waals surface area contributed by atoms with E-state index in [1.54, 1.807) is 12.1 Å². The number of nitrogens with two attached hydrogens (primary N) is 1. The number of nitro benzene ring substituents is 1. The van der Waals surface area contributed by atoms with Crippen molar-refractivity contribution in [3.63, 3.8) is 0 Å². The van der Waals surface area contributed by atoms with Gasteiger partial charge in [0.1, 0.15) is 0 Å². The van der Waals surface area contributed by atoms with Gasteiger partial charge in [0, 0.05) is 23.5 Å². The van der Waals surface area contributed by atoms with Crippen molar-refractivity contribution in [2.24, 2.45) is 0 Å². The normalized spacial score (nSPS) is 11.7. The van der Waals surface area contributed by atoms with Gasteiger partial charge in [-0.1, -0.05) is 32.0 Å². The second-order valence-electron chi connectivity index (χ2n) is 6.31. The Bertz CT molecular complexity index is 879. The van der Waals surface area contributed by atoms with E-state index in [-0.39, 0.29) is 22.9 Å². The minimum atomic E-state index is -1.11. The summed E-state index contributed by atoms with van der Waals surface area (Å²) < 4.78 is 5.13. The zero-order valence-corrected chi connectivity index (χ0v) is 15.3. The molecule has 0 aromatic heterocycles. The molecular formula is C19H21N3O5. The lowest BCUT2D eigenvalue weighted by atomic mass is 10.0. The summed E-state index contributed by atoms with van der Waals surface area (Å²) in [7, 11) is 0. The van der Waals surface area contributed by atoms with Gasteiger partial charge in [-0.15, -0.1) is 0 Å². The molecular weight excluding hydrogens is 350 g/mol. The lowest BCUT2D eigenvalue weighted by molar-refractivity contribution is -0.384. The number of hydrogen-bond donors (Lipinski definition) is 2. The molecule has 2 aromatic carbocycles. The Labute approximate surface area is 156 Å². The Morgan fingerprint density at radius 1 is 1.15 bits per heavy atom. The van der Waals surface area contributed by atoms with Gasteiger partial charge in [0.25, 0.3) is 11.6 Å². The third-order valence-corrected chi connectivity index (χ3v) is 3.96. The molecule has 0 saturated carbocycles. The number of esters is 1. The van der Waals surface area contributed by atoms with E-state index < -0.39 is 22.9 Å². The molecule has 0 aliphatic rings. The fourth-order valence-corrected chi connectivity index (χ4v) is 2.46. The molecule has 1 atom stereocenters. The average Bonchev–Trinajstić information content (AvgIpc) is 2.61. The number of nitrogen functional groups attached to an aromatic ring is 1. The van der Waals surface area contributed by atoms with Crippen LogP contribution in [0.5, 0.6) is 0 Å². The summed E-state index contributed by atoms with van der Waals surface area (Å²) in [6, 6.07) is 10.8. The summed E-state index contributed by atoms with van der Waals surface area (Å²) >= 11 is 0. The number of rotatable bonds is 6. The van der Waals surface area contributed by atoms with Gasteiger partial charge in [-0.2, -0.15) is 0 Å². The van der Waals surface area contributed by atoms with Gasteiger partial charge in [-0.05, 0) is 30.5 Å². The van der Waals surface area contributed by atoms with E-state index in [1.807, 2.05) is 26.0 Å². The van der Waals surface area contributed by atoms with Gasteiger partial charge in [-0.3, -0.25) is 14.9 Å². The highest BCUT2D eigenvalue weighted by Gasteiger charge is 2.23. The molecule has 0 spiro atoms. The van der Waals surface area contributed by atoms with E-state index in [0.29, 0.717) is 5.69 Å². The van der Waals surface area contributed by atoms with Crippen LogP contribution in [0.3, 0.4) is 0 Å². The van der Waals surface area contributed by atoms with Gasteiger partial charge in [0.2, 0.25) is 0 Å². The number of hydrogen-bond acceptors (Lipinski definition) is 6. The van der Waals surface area contributed by atoms with Crippen LogP contribution in [-0.2, 0) is 9.53 Å². The first kappa shape index (κ1) is 19.9. The van der Waals surface area contributed by atoms with Gasteiger partial charge in [0.15, 0.2) is 6.10 Å². The molecule has 2 aromatic rings. The fraction of sp³-hybridized carbons (Fsp3) is 0.263. The number of nitrogens with zero attached hydrogens (tertiary/aromatic N) is 1. The van der Waals surface area contributed by atoms with Crippen molar-refractivity contribution in [3.05, 3.63) is 63.7 Å². The Kier molecular flexibility index (Phi) is 6.12. The fourth-order valence-electron chi connectivity index (χ4n) is 2.46. The van der Waals surface area contributed by atoms with Crippen LogP contribution in [-0.4, -0.2) is 22.9 Å². The first-order valence-corrected chi connectivity index (χ1v) is 8.35. The lowest BCUT2D eigenvalue weighted by Gasteiger charge is -2.17. The van der Waals surface area contributed by atoms with E-state index >= 15 is 0 Å². The standard InChI is InChI=1S/C19H21N3O5/c1-11(2)14-6-4-5-7-17(14)21-18(23)12(3)27-19(24)15-10-13(22(25)26)8-9-16(15)20/h4-12H,20H2,1-3H3,(H,21,23)/t12-/m0/s1. The molecule has 0 saturated heterocycles. The van der Waals surface area contributed by atoms with Crippen LogP contribution < -0.4 is 11.1 Å². The molecule has 0 aliphatic carbocycles. The number of carbonyl (C=O) groups excluding carboxylic acids is 2. The number of carbonyl (C=O) groups is 2. The minimum absolute atomic E-state index is 0.0309. The number of nitro groups is 1. The largest absolute Gasteiger partial charge is 0.449 e. The molecule has 8 nitrogen and oxygen atoms in total. The SMILES string of the molecule is CC(C)c1ccccc1NC(=O)[C@H](C)OC(=O)c1cc([N+](=O)[O-])ccc1N. The summed E-state index contributed by atoms with van der Waals surface area (Å²) in [6.45, 7) is 5.41. The lowest BCUT2D eigenvalue weighted by Crippen LogP contribution is -2.30. The Morgan fingerprint density at radius 3 is 2.44 bits per heavy atom. The van der Waals surface area contributed by atoms with Crippen LogP contribution in [0.1, 0.15) is 42.6 Å². The molecule has 0 bridgehead atoms. The molecule has 2 rings (SSSR count). The van der Waals surface area contributed by atoms with Crippen molar-refractivity contribution >= 4 is 28.9 Å². The van der Waals surface area contributed by atoms with Gasteiger partial charge < -0.3 is 15.8 Å². The topological polar surface area (TPSA) is 125 Å². The molecule has 3 N–H and O–H groups in total. The third kappa shape index (κ3) is 4.81. The predicted octanol–water partition coefficient (Wildman–Crippen LogP) is 3.48. The van der Waals surface area contributed by atoms with Crippen molar-refractivity contribution in [2.75, 3.05) is 11.1 Å². The highest BCUT2D eigenvalue weighted by atomic mass is 16.6. The number of amides is 1. The molecule has 27 heavy (non-hydrogen) atoms. The van der Waals surface area contributed by atoms with E-state index in [4.69, 9.17) is 10.5 Å². The van der Waals surface area contributed by atoms with Crippen molar-refractivity contribution in [3.8, 4) is 0 Å². The quantitative estimate of drug-likeness (QED) is 0.347. The van der Waals surface area contributed by atoms with E-state index in [0.717, 1.165) is 11.6 Å². The predicted molar refractivity (Wildman–Crippen MR) is 102 cm³/mol. The summed E-state index contributed by atoms with van der Waals surface area (Å²) in [6.07, 6.45) is -1.11. The number of ether oxygens (including phenoxy) is 1. The maximum absolute atomic E-state index is 12.4. The molecule has 0 aliphatic heterocycles. The highest BCUT2D eigenvalue weighted by Crippen LogP contribution is 2.24. The maximum atomic E-state index is 12.4. The second kappa shape index (κ2) is 8.31. The molecule has 0 unspecified atom stereocenters. The maximum Gasteiger partial charge on any atom is 0.341 e. The van der Waals surface area contributed by atoms with Gasteiger partial charge in [0.05, 0.1) is 10.5 Å². The first-order chi connectivity index (χ1) is 12.7. The first-order valence-electron chi connectivity index (χ1n) is 8.35. The van der Waals surface area contributed by atoms with E-state index in [9.17, 15) is 19.7 Å². The zero-order valence-electron chi connectivity index (χ0n) is 15.3. The molecule has 142 valence electrons. The highest BCUT2D eigenvalue weighted by molar-refractivity contribution is 6.00. The van der Waals surface area contributed by atoms with E-state index in [1.165, 1.54) is 19.1 Å². The Morgan fingerprint density at radius 2 is 1.81 bits per heavy atom. The zero-order chi connectivity index (χ0) is 20.1. The Balaban J connectivity index is 2.12. The van der Waals surface area contributed by atoms with Crippen molar-refractivity contribution < 1.29 is 19.2 Å². The summed E-state index contributed by atoms with van der Waals surface area (Å²) in [5.41, 5.74) is 6.86. The van der Waals surface area contributed by atoms with E-state index in [2.05, 4.69) is 5.32 Å². The number of non-ortho nitro benzene ring substituents is 1. The van der Waals surface area contributed by atoms with Crippen molar-refractivity contribution in [1.29, 1.82) is 0 Å². The molecule has 0 fully saturated rings. The third-order valence-electron chi connectivity index (χ3n) is 3.96. The van der Waals surface area contributed by atoms with Crippen molar-refractivity contribution in [2.45, 2.75) is 32.8 Å². The van der Waals surface area contributed by atoms with Crippen LogP contribution in [0, 0.1) is 10.1 Å². The minimum Gasteiger partial charge on any atom is -0.449 e. The van der Waals surface area contributed by atoms with Crippen LogP contribution >= 0.6 is 0 Å². The van der Waals surface area contributed by atoms with Gasteiger partial charge in [-0.25, -0.2) is 4.79 Å². The number of para-hydroxylation sites is 1. The summed E-state index contributed by atoms with van der Waals surface area (Å²) in [5.74, 6) is -1.22. The summed E-state index contributed by atoms with van der Waals surface area (Å²) in [5, 5.41) is 13.6. The van der Waals surface area contributed by atoms with Crippen LogP contribution in [0.2, 0.25) is 0 Å². The number of nitrogens with one attached hydrogen (secondary N) is 1.